The molecule has 0 saturated carbocycles. The van der Waals surface area contributed by atoms with E-state index in [0.29, 0.717) is 5.76 Å². The average Bonchev–Trinajstić information content (AvgIpc) is 3.02. The Kier molecular flexibility index (Phi) is 6.97. The molecule has 2 heterocycles. The average molecular weight is 278 g/mol. The number of Topliss-reactive ketones (excluding diaryl/α,β-unsaturated/α-hetero) is 2. The zero-order valence-electron chi connectivity index (χ0n) is 11.2. The molecule has 1 aliphatic rings. The fraction of sp³-hybridized carbons (Fsp3) is 0.333. The molecular weight excluding hydrogens is 260 g/mol. The van der Waals surface area contributed by atoms with Crippen molar-refractivity contribution >= 4 is 23.3 Å². The van der Waals surface area contributed by atoms with E-state index in [1.165, 1.54) is 18.0 Å². The first-order valence-electron chi connectivity index (χ1n) is 6.37. The minimum absolute atomic E-state index is 0.0271. The van der Waals surface area contributed by atoms with Crippen molar-refractivity contribution in [3.8, 4) is 0 Å². The monoisotopic (exact) mass is 278 g/mol. The van der Waals surface area contributed by atoms with Gasteiger partial charge in [0, 0.05) is 18.6 Å². The number of thioether (sulfide) groups is 1. The van der Waals surface area contributed by atoms with Crippen LogP contribution in [0.2, 0.25) is 0 Å². The molecule has 1 aromatic rings. The summed E-state index contributed by atoms with van der Waals surface area (Å²) >= 11 is 1.51. The molecule has 4 heteroatoms. The molecule has 0 saturated heterocycles. The lowest BCUT2D eigenvalue weighted by atomic mass is 10.1. The van der Waals surface area contributed by atoms with Crippen LogP contribution < -0.4 is 0 Å². The van der Waals surface area contributed by atoms with Gasteiger partial charge >= 0.3 is 0 Å². The molecule has 0 aliphatic carbocycles. The summed E-state index contributed by atoms with van der Waals surface area (Å²) in [6.45, 7) is 4.00. The number of hydrogen-bond acceptors (Lipinski definition) is 4. The summed E-state index contributed by atoms with van der Waals surface area (Å²) in [6, 6.07) is 3.28. The summed E-state index contributed by atoms with van der Waals surface area (Å²) in [5.41, 5.74) is 0. The highest BCUT2D eigenvalue weighted by Gasteiger charge is 2.15. The standard InChI is InChI=1S/C13H12O3S.C2H6/c14-10(12-4-3-8-16-12)6-7-11(15)13-5-1-2-9-17-13;1-2/h1-5,8H,6-7,9H2;1-2H3. The van der Waals surface area contributed by atoms with Gasteiger partial charge in [0.1, 0.15) is 0 Å². The van der Waals surface area contributed by atoms with Crippen LogP contribution >= 0.6 is 11.8 Å². The summed E-state index contributed by atoms with van der Waals surface area (Å²) in [5.74, 6) is 1.05. The van der Waals surface area contributed by atoms with E-state index in [1.54, 1.807) is 18.2 Å². The van der Waals surface area contributed by atoms with Crippen LogP contribution in [-0.2, 0) is 4.79 Å². The second-order valence-corrected chi connectivity index (χ2v) is 4.66. The van der Waals surface area contributed by atoms with Gasteiger partial charge in [-0.3, -0.25) is 9.59 Å². The van der Waals surface area contributed by atoms with E-state index in [2.05, 4.69) is 0 Å². The molecule has 0 unspecified atom stereocenters. The summed E-state index contributed by atoms with van der Waals surface area (Å²) in [6.07, 6.45) is 7.57. The largest absolute Gasteiger partial charge is 0.461 e. The molecule has 102 valence electrons. The second-order valence-electron chi connectivity index (χ2n) is 3.59. The highest BCUT2D eigenvalue weighted by molar-refractivity contribution is 8.04. The van der Waals surface area contributed by atoms with Crippen molar-refractivity contribution in [3.63, 3.8) is 0 Å². The molecule has 1 aromatic heterocycles. The van der Waals surface area contributed by atoms with Gasteiger partial charge in [0.15, 0.2) is 17.3 Å². The summed E-state index contributed by atoms with van der Waals surface area (Å²) in [4.78, 5) is 24.1. The highest BCUT2D eigenvalue weighted by atomic mass is 32.2. The molecule has 0 radical (unpaired) electrons. The molecule has 0 bridgehead atoms. The Labute approximate surface area is 117 Å². The van der Waals surface area contributed by atoms with Gasteiger partial charge in [-0.05, 0) is 18.2 Å². The van der Waals surface area contributed by atoms with Crippen molar-refractivity contribution in [1.82, 2.24) is 0 Å². The van der Waals surface area contributed by atoms with Gasteiger partial charge in [0.2, 0.25) is 0 Å². The lowest BCUT2D eigenvalue weighted by Crippen LogP contribution is -2.06. The van der Waals surface area contributed by atoms with Crippen molar-refractivity contribution in [2.75, 3.05) is 5.75 Å². The molecular formula is C15H18O3S. The van der Waals surface area contributed by atoms with Crippen molar-refractivity contribution in [2.45, 2.75) is 26.7 Å². The maximum absolute atomic E-state index is 11.8. The van der Waals surface area contributed by atoms with Crippen molar-refractivity contribution < 1.29 is 14.0 Å². The van der Waals surface area contributed by atoms with Crippen LogP contribution in [0.25, 0.3) is 0 Å². The van der Waals surface area contributed by atoms with Crippen LogP contribution in [-0.4, -0.2) is 17.3 Å². The predicted molar refractivity (Wildman–Crippen MR) is 78.3 cm³/mol. The van der Waals surface area contributed by atoms with Crippen molar-refractivity contribution in [3.05, 3.63) is 47.3 Å². The topological polar surface area (TPSA) is 47.3 Å². The second kappa shape index (κ2) is 8.53. The zero-order chi connectivity index (χ0) is 14.1. The van der Waals surface area contributed by atoms with Gasteiger partial charge in [-0.1, -0.05) is 26.0 Å². The minimum atomic E-state index is -0.125. The maximum atomic E-state index is 11.8. The molecule has 0 fully saturated rings. The molecule has 0 N–H and O–H groups in total. The molecule has 0 spiro atoms. The zero-order valence-corrected chi connectivity index (χ0v) is 12.0. The minimum Gasteiger partial charge on any atom is -0.461 e. The predicted octanol–water partition coefficient (Wildman–Crippen LogP) is 4.02. The summed E-state index contributed by atoms with van der Waals surface area (Å²) < 4.78 is 4.98. The highest BCUT2D eigenvalue weighted by Crippen LogP contribution is 2.22. The third kappa shape index (κ3) is 4.91. The van der Waals surface area contributed by atoms with Crippen LogP contribution in [0.5, 0.6) is 0 Å². The van der Waals surface area contributed by atoms with Crippen LogP contribution in [0, 0.1) is 0 Å². The first-order valence-corrected chi connectivity index (χ1v) is 7.35. The number of rotatable bonds is 5. The van der Waals surface area contributed by atoms with Gasteiger partial charge in [-0.25, -0.2) is 0 Å². The molecule has 0 amide bonds. The molecule has 0 aromatic carbocycles. The number of ketones is 2. The number of carbonyl (C=O) groups is 2. The van der Waals surface area contributed by atoms with Gasteiger partial charge in [-0.15, -0.1) is 11.8 Å². The lowest BCUT2D eigenvalue weighted by Gasteiger charge is -2.06. The van der Waals surface area contributed by atoms with Crippen LogP contribution in [0.3, 0.4) is 0 Å². The summed E-state index contributed by atoms with van der Waals surface area (Å²) in [5, 5.41) is 0. The van der Waals surface area contributed by atoms with E-state index in [9.17, 15) is 9.59 Å². The fourth-order valence-corrected chi connectivity index (χ4v) is 2.31. The van der Waals surface area contributed by atoms with Crippen molar-refractivity contribution in [2.24, 2.45) is 0 Å². The third-order valence-electron chi connectivity index (χ3n) is 2.37. The van der Waals surface area contributed by atoms with E-state index in [4.69, 9.17) is 4.42 Å². The Hall–Kier alpha value is -1.55. The third-order valence-corrected chi connectivity index (χ3v) is 3.40. The van der Waals surface area contributed by atoms with E-state index in [1.807, 2.05) is 26.0 Å². The number of furan rings is 1. The van der Waals surface area contributed by atoms with E-state index in [0.717, 1.165) is 10.7 Å². The van der Waals surface area contributed by atoms with Gasteiger partial charge in [0.05, 0.1) is 11.2 Å². The number of hydrogen-bond donors (Lipinski definition) is 0. The van der Waals surface area contributed by atoms with Crippen LogP contribution in [0.15, 0.2) is 45.9 Å². The maximum Gasteiger partial charge on any atom is 0.198 e. The Morgan fingerprint density at radius 2 is 2.00 bits per heavy atom. The lowest BCUT2D eigenvalue weighted by molar-refractivity contribution is -0.114. The SMILES string of the molecule is CC.O=C(CCC(=O)c1ccco1)C1=CC=CCS1. The molecule has 19 heavy (non-hydrogen) atoms. The fourth-order valence-electron chi connectivity index (χ4n) is 1.48. The molecule has 0 atom stereocenters. The van der Waals surface area contributed by atoms with Gasteiger partial charge < -0.3 is 4.42 Å². The van der Waals surface area contributed by atoms with Gasteiger partial charge in [-0.2, -0.15) is 0 Å². The van der Waals surface area contributed by atoms with Gasteiger partial charge in [0.25, 0.3) is 0 Å². The van der Waals surface area contributed by atoms with E-state index >= 15 is 0 Å². The Morgan fingerprint density at radius 3 is 2.58 bits per heavy atom. The Balaban J connectivity index is 0.000000861. The quantitative estimate of drug-likeness (QED) is 0.763. The van der Waals surface area contributed by atoms with E-state index < -0.39 is 0 Å². The normalized spacial score (nSPS) is 13.3. The first-order chi connectivity index (χ1) is 9.27. The van der Waals surface area contributed by atoms with Crippen LogP contribution in [0.4, 0.5) is 0 Å². The van der Waals surface area contributed by atoms with Crippen molar-refractivity contribution in [1.29, 1.82) is 0 Å². The molecule has 1 aliphatic heterocycles. The smallest absolute Gasteiger partial charge is 0.198 e. The van der Waals surface area contributed by atoms with Crippen LogP contribution in [0.1, 0.15) is 37.2 Å². The Bertz CT molecular complexity index is 470. The number of carbonyl (C=O) groups excluding carboxylic acids is 2. The number of allylic oxidation sites excluding steroid dienone is 3. The van der Waals surface area contributed by atoms with E-state index in [-0.39, 0.29) is 24.4 Å². The molecule has 2 rings (SSSR count). The molecule has 3 nitrogen and oxygen atoms in total. The summed E-state index contributed by atoms with van der Waals surface area (Å²) in [7, 11) is 0. The Morgan fingerprint density at radius 1 is 1.26 bits per heavy atom. The first kappa shape index (κ1) is 15.5.